The minimum Gasteiger partial charge on any atom is -0.497 e. The minimum atomic E-state index is 0.398. The first-order valence-electron chi connectivity index (χ1n) is 12.0. The Morgan fingerprint density at radius 1 is 1.09 bits per heavy atom. The molecule has 0 radical (unpaired) electrons. The van der Waals surface area contributed by atoms with Gasteiger partial charge in [0.15, 0.2) is 0 Å². The number of nitrogens with one attached hydrogen (secondary N) is 1. The van der Waals surface area contributed by atoms with E-state index >= 15 is 0 Å². The van der Waals surface area contributed by atoms with Gasteiger partial charge in [0.2, 0.25) is 0 Å². The highest BCUT2D eigenvalue weighted by Crippen LogP contribution is 2.37. The Balaban J connectivity index is 1.54. The molecule has 2 aromatic carbocycles. The van der Waals surface area contributed by atoms with E-state index in [1.54, 1.807) is 14.2 Å². The van der Waals surface area contributed by atoms with Crippen LogP contribution in [0.5, 0.6) is 11.5 Å². The molecule has 1 saturated heterocycles. The van der Waals surface area contributed by atoms with Crippen LogP contribution >= 0.6 is 15.9 Å². The van der Waals surface area contributed by atoms with Crippen LogP contribution in [0.4, 0.5) is 17.2 Å². The molecular formula is C28H34BrN3O3. The summed E-state index contributed by atoms with van der Waals surface area (Å²) >= 11 is 3.76. The van der Waals surface area contributed by atoms with Crippen molar-refractivity contribution in [2.75, 3.05) is 37.6 Å². The third-order valence-electron chi connectivity index (χ3n) is 6.61. The zero-order valence-corrected chi connectivity index (χ0v) is 22.7. The molecule has 3 aromatic rings. The Labute approximate surface area is 216 Å². The molecule has 1 aromatic heterocycles. The summed E-state index contributed by atoms with van der Waals surface area (Å²) in [7, 11) is 3.44. The van der Waals surface area contributed by atoms with Crippen molar-refractivity contribution >= 4 is 33.1 Å². The van der Waals surface area contributed by atoms with E-state index in [1.165, 1.54) is 6.42 Å². The smallest absolute Gasteiger partial charge is 0.145 e. The number of nitrogens with zero attached hydrogens (tertiary/aromatic N) is 2. The third kappa shape index (κ3) is 5.73. The first kappa shape index (κ1) is 25.3. The molecule has 35 heavy (non-hydrogen) atoms. The van der Waals surface area contributed by atoms with Crippen LogP contribution < -0.4 is 19.7 Å². The van der Waals surface area contributed by atoms with Crippen molar-refractivity contribution in [3.05, 3.63) is 69.3 Å². The van der Waals surface area contributed by atoms with Crippen LogP contribution in [0.15, 0.2) is 46.9 Å². The van der Waals surface area contributed by atoms with Gasteiger partial charge in [-0.1, -0.05) is 18.2 Å². The fourth-order valence-electron chi connectivity index (χ4n) is 4.65. The molecule has 1 aliphatic rings. The van der Waals surface area contributed by atoms with Crippen LogP contribution in [0.3, 0.4) is 0 Å². The maximum absolute atomic E-state index is 6.17. The van der Waals surface area contributed by atoms with Crippen molar-refractivity contribution in [2.45, 2.75) is 46.3 Å². The number of halogens is 1. The van der Waals surface area contributed by atoms with Crippen molar-refractivity contribution in [3.8, 4) is 11.5 Å². The molecule has 1 atom stereocenters. The number of rotatable bonds is 9. The second kappa shape index (κ2) is 11.3. The monoisotopic (exact) mass is 539 g/mol. The molecule has 186 valence electrons. The van der Waals surface area contributed by atoms with Gasteiger partial charge >= 0.3 is 0 Å². The summed E-state index contributed by atoms with van der Waals surface area (Å²) in [5.41, 5.74) is 6.44. The molecule has 1 N–H and O–H groups in total. The van der Waals surface area contributed by atoms with E-state index in [1.807, 2.05) is 30.3 Å². The molecule has 0 saturated carbocycles. The molecule has 2 heterocycles. The number of aryl methyl sites for hydroxylation is 2. The Hall–Kier alpha value is -2.77. The van der Waals surface area contributed by atoms with Crippen LogP contribution in [0.1, 0.15) is 35.2 Å². The van der Waals surface area contributed by atoms with E-state index < -0.39 is 0 Å². The van der Waals surface area contributed by atoms with Crippen LogP contribution in [-0.2, 0) is 11.3 Å². The van der Waals surface area contributed by atoms with Crippen molar-refractivity contribution in [3.63, 3.8) is 0 Å². The van der Waals surface area contributed by atoms with Gasteiger partial charge in [0.25, 0.3) is 0 Å². The fourth-order valence-corrected chi connectivity index (χ4v) is 5.05. The van der Waals surface area contributed by atoms with Gasteiger partial charge in [0.05, 0.1) is 35.6 Å². The number of anilines is 3. The van der Waals surface area contributed by atoms with E-state index in [-0.39, 0.29) is 0 Å². The summed E-state index contributed by atoms with van der Waals surface area (Å²) in [6.07, 6.45) is 2.32. The van der Waals surface area contributed by atoms with Gasteiger partial charge in [-0.25, -0.2) is 4.98 Å². The Morgan fingerprint density at radius 2 is 1.86 bits per heavy atom. The average Bonchev–Trinajstić information content (AvgIpc) is 3.31. The number of aromatic nitrogens is 1. The standard InChI is InChI=1S/C28H34BrN3O3/c1-18-8-13-26(35-16-21-9-11-23(34-5)12-10-21)19(2)27(18)31-28-24(29)15-25(20(3)30-28)32-14-6-7-22(32)17-33-4/h8-13,15,22H,6-7,14,16-17H2,1-5H3,(H,30,31)/t22-/m0/s1. The molecule has 6 nitrogen and oxygen atoms in total. The van der Waals surface area contributed by atoms with Crippen molar-refractivity contribution in [2.24, 2.45) is 0 Å². The molecule has 7 heteroatoms. The van der Waals surface area contributed by atoms with Crippen LogP contribution in [0.25, 0.3) is 0 Å². The first-order chi connectivity index (χ1) is 16.9. The van der Waals surface area contributed by atoms with Crippen molar-refractivity contribution in [1.82, 2.24) is 4.98 Å². The largest absolute Gasteiger partial charge is 0.497 e. The first-order valence-corrected chi connectivity index (χ1v) is 12.8. The molecule has 0 amide bonds. The van der Waals surface area contributed by atoms with Gasteiger partial charge in [0, 0.05) is 24.9 Å². The lowest BCUT2D eigenvalue weighted by molar-refractivity contribution is 0.181. The predicted octanol–water partition coefficient (Wildman–Crippen LogP) is 6.72. The molecule has 0 aliphatic carbocycles. The fraction of sp³-hybridized carbons (Fsp3) is 0.393. The maximum Gasteiger partial charge on any atom is 0.145 e. The summed E-state index contributed by atoms with van der Waals surface area (Å²) in [6, 6.07) is 14.6. The number of hydrogen-bond acceptors (Lipinski definition) is 6. The van der Waals surface area contributed by atoms with E-state index in [2.05, 4.69) is 59.1 Å². The van der Waals surface area contributed by atoms with Gasteiger partial charge in [-0.2, -0.15) is 0 Å². The molecular weight excluding hydrogens is 506 g/mol. The summed E-state index contributed by atoms with van der Waals surface area (Å²) < 4.78 is 17.8. The zero-order valence-electron chi connectivity index (χ0n) is 21.2. The molecule has 0 bridgehead atoms. The summed E-state index contributed by atoms with van der Waals surface area (Å²) in [5.74, 6) is 2.48. The van der Waals surface area contributed by atoms with Gasteiger partial charge in [0.1, 0.15) is 23.9 Å². The second-order valence-corrected chi connectivity index (χ2v) is 9.86. The van der Waals surface area contributed by atoms with Crippen molar-refractivity contribution < 1.29 is 14.2 Å². The van der Waals surface area contributed by atoms with Gasteiger partial charge in [-0.15, -0.1) is 0 Å². The molecule has 0 unspecified atom stereocenters. The topological polar surface area (TPSA) is 55.9 Å². The Kier molecular flexibility index (Phi) is 8.19. The van der Waals surface area contributed by atoms with Crippen molar-refractivity contribution in [1.29, 1.82) is 0 Å². The number of hydrogen-bond donors (Lipinski definition) is 1. The number of ether oxygens (including phenoxy) is 3. The third-order valence-corrected chi connectivity index (χ3v) is 7.21. The lowest BCUT2D eigenvalue weighted by Gasteiger charge is -2.28. The number of methoxy groups -OCH3 is 2. The zero-order chi connectivity index (χ0) is 24.9. The second-order valence-electron chi connectivity index (χ2n) is 9.01. The van der Waals surface area contributed by atoms with Crippen LogP contribution in [0.2, 0.25) is 0 Å². The average molecular weight is 541 g/mol. The van der Waals surface area contributed by atoms with E-state index in [0.29, 0.717) is 12.6 Å². The highest BCUT2D eigenvalue weighted by molar-refractivity contribution is 9.10. The minimum absolute atomic E-state index is 0.398. The molecule has 1 aliphatic heterocycles. The van der Waals surface area contributed by atoms with Gasteiger partial charge in [-0.3, -0.25) is 0 Å². The highest BCUT2D eigenvalue weighted by atomic mass is 79.9. The quantitative estimate of drug-likeness (QED) is 0.326. The molecule has 0 spiro atoms. The number of pyridine rings is 1. The maximum atomic E-state index is 6.17. The highest BCUT2D eigenvalue weighted by Gasteiger charge is 2.27. The van der Waals surface area contributed by atoms with E-state index in [0.717, 1.165) is 75.1 Å². The normalized spacial score (nSPS) is 15.4. The van der Waals surface area contributed by atoms with E-state index in [9.17, 15) is 0 Å². The van der Waals surface area contributed by atoms with Crippen LogP contribution in [0, 0.1) is 20.8 Å². The van der Waals surface area contributed by atoms with Crippen LogP contribution in [-0.4, -0.2) is 38.4 Å². The molecule has 1 fully saturated rings. The van der Waals surface area contributed by atoms with Gasteiger partial charge in [-0.05, 0) is 84.9 Å². The Bertz CT molecular complexity index is 1170. The van der Waals surface area contributed by atoms with Gasteiger partial charge < -0.3 is 24.4 Å². The number of benzene rings is 2. The van der Waals surface area contributed by atoms with E-state index in [4.69, 9.17) is 19.2 Å². The predicted molar refractivity (Wildman–Crippen MR) is 145 cm³/mol. The lowest BCUT2D eigenvalue weighted by atomic mass is 10.1. The summed E-state index contributed by atoms with van der Waals surface area (Å²) in [4.78, 5) is 7.36. The molecule has 4 rings (SSSR count). The Morgan fingerprint density at radius 3 is 2.57 bits per heavy atom. The lowest BCUT2D eigenvalue weighted by Crippen LogP contribution is -2.33. The summed E-state index contributed by atoms with van der Waals surface area (Å²) in [5, 5.41) is 3.56. The SMILES string of the molecule is COC[C@@H]1CCCN1c1cc(Br)c(Nc2c(C)ccc(OCc3ccc(OC)cc3)c2C)nc1C. The summed E-state index contributed by atoms with van der Waals surface area (Å²) in [6.45, 7) is 8.50.